The summed E-state index contributed by atoms with van der Waals surface area (Å²) in [7, 11) is 1.75. The Morgan fingerprint density at radius 1 is 1.50 bits per heavy atom. The van der Waals surface area contributed by atoms with Gasteiger partial charge in [0.15, 0.2) is 5.82 Å². The summed E-state index contributed by atoms with van der Waals surface area (Å²) in [5, 5.41) is 21.3. The first-order valence-corrected chi connectivity index (χ1v) is 5.52. The first-order chi connectivity index (χ1) is 8.41. The molecule has 1 heterocycles. The maximum absolute atomic E-state index is 11.5. The van der Waals surface area contributed by atoms with Gasteiger partial charge in [0.05, 0.1) is 6.54 Å². The van der Waals surface area contributed by atoms with E-state index in [0.717, 1.165) is 0 Å². The highest BCUT2D eigenvalue weighted by Gasteiger charge is 2.23. The Morgan fingerprint density at radius 2 is 2.17 bits per heavy atom. The molecule has 1 rings (SSSR count). The van der Waals surface area contributed by atoms with E-state index in [0.29, 0.717) is 5.82 Å². The van der Waals surface area contributed by atoms with Gasteiger partial charge in [0.1, 0.15) is 12.4 Å². The number of carboxylic acids is 1. The number of carboxylic acid groups (broad SMARTS) is 1. The van der Waals surface area contributed by atoms with E-state index < -0.39 is 18.0 Å². The Hall–Kier alpha value is -2.12. The molecule has 2 amide bonds. The van der Waals surface area contributed by atoms with Crippen LogP contribution in [0.5, 0.6) is 0 Å². The SMILES string of the molecule is CC(C)C(NC(=O)NCc1nncn1C)C(=O)O. The number of carbonyl (C=O) groups excluding carboxylic acids is 1. The second-order valence-corrected chi connectivity index (χ2v) is 4.25. The second-order valence-electron chi connectivity index (χ2n) is 4.25. The number of nitrogens with one attached hydrogen (secondary N) is 2. The lowest BCUT2D eigenvalue weighted by Gasteiger charge is -2.18. The number of hydrogen-bond acceptors (Lipinski definition) is 4. The normalized spacial score (nSPS) is 12.2. The van der Waals surface area contributed by atoms with Crippen molar-refractivity contribution in [2.45, 2.75) is 26.4 Å². The molecule has 0 aliphatic carbocycles. The molecular formula is C10H17N5O3. The van der Waals surface area contributed by atoms with E-state index in [1.54, 1.807) is 25.5 Å². The Labute approximate surface area is 104 Å². The van der Waals surface area contributed by atoms with Crippen molar-refractivity contribution in [1.29, 1.82) is 0 Å². The van der Waals surface area contributed by atoms with Crippen molar-refractivity contribution < 1.29 is 14.7 Å². The maximum Gasteiger partial charge on any atom is 0.326 e. The zero-order valence-electron chi connectivity index (χ0n) is 10.5. The molecule has 1 aromatic heterocycles. The third-order valence-corrected chi connectivity index (χ3v) is 2.43. The van der Waals surface area contributed by atoms with Gasteiger partial charge in [-0.2, -0.15) is 0 Å². The molecule has 0 aromatic carbocycles. The van der Waals surface area contributed by atoms with Crippen LogP contribution in [0, 0.1) is 5.92 Å². The minimum absolute atomic E-state index is 0.187. The van der Waals surface area contributed by atoms with Crippen LogP contribution in [-0.2, 0) is 18.4 Å². The molecule has 0 fully saturated rings. The molecular weight excluding hydrogens is 238 g/mol. The molecule has 3 N–H and O–H groups in total. The van der Waals surface area contributed by atoms with Crippen LogP contribution >= 0.6 is 0 Å². The summed E-state index contributed by atoms with van der Waals surface area (Å²) in [5.74, 6) is -0.663. The number of nitrogens with zero attached hydrogens (tertiary/aromatic N) is 3. The molecule has 0 saturated carbocycles. The lowest BCUT2D eigenvalue weighted by molar-refractivity contribution is -0.140. The van der Waals surface area contributed by atoms with Gasteiger partial charge in [-0.3, -0.25) is 0 Å². The van der Waals surface area contributed by atoms with E-state index >= 15 is 0 Å². The third-order valence-electron chi connectivity index (χ3n) is 2.43. The van der Waals surface area contributed by atoms with Gasteiger partial charge in [-0.15, -0.1) is 10.2 Å². The van der Waals surface area contributed by atoms with Crippen LogP contribution in [0.4, 0.5) is 4.79 Å². The Balaban J connectivity index is 2.46. The number of aromatic nitrogens is 3. The number of aryl methyl sites for hydroxylation is 1. The number of carbonyl (C=O) groups is 2. The molecule has 0 saturated heterocycles. The zero-order chi connectivity index (χ0) is 13.7. The predicted molar refractivity (Wildman–Crippen MR) is 62.6 cm³/mol. The molecule has 0 aliphatic heterocycles. The maximum atomic E-state index is 11.5. The van der Waals surface area contributed by atoms with Crippen molar-refractivity contribution in [3.63, 3.8) is 0 Å². The summed E-state index contributed by atoms with van der Waals surface area (Å²) in [5.41, 5.74) is 0. The predicted octanol–water partition coefficient (Wildman–Crippen LogP) is -0.276. The van der Waals surface area contributed by atoms with Gasteiger partial charge >= 0.3 is 12.0 Å². The number of hydrogen-bond donors (Lipinski definition) is 3. The minimum Gasteiger partial charge on any atom is -0.480 e. The molecule has 1 atom stereocenters. The van der Waals surface area contributed by atoms with Crippen molar-refractivity contribution in [1.82, 2.24) is 25.4 Å². The molecule has 18 heavy (non-hydrogen) atoms. The van der Waals surface area contributed by atoms with Gasteiger partial charge in [-0.05, 0) is 5.92 Å². The molecule has 0 bridgehead atoms. The van der Waals surface area contributed by atoms with Gasteiger partial charge in [0, 0.05) is 7.05 Å². The van der Waals surface area contributed by atoms with E-state index in [1.165, 1.54) is 6.33 Å². The van der Waals surface area contributed by atoms with Crippen LogP contribution < -0.4 is 10.6 Å². The molecule has 8 heteroatoms. The summed E-state index contributed by atoms with van der Waals surface area (Å²) in [6, 6.07) is -1.46. The van der Waals surface area contributed by atoms with Crippen LogP contribution in [0.15, 0.2) is 6.33 Å². The quantitative estimate of drug-likeness (QED) is 0.670. The molecule has 8 nitrogen and oxygen atoms in total. The topological polar surface area (TPSA) is 109 Å². The summed E-state index contributed by atoms with van der Waals surface area (Å²) >= 11 is 0. The van der Waals surface area contributed by atoms with Crippen LogP contribution in [0.1, 0.15) is 19.7 Å². The molecule has 0 aliphatic rings. The average Bonchev–Trinajstić information content (AvgIpc) is 2.68. The van der Waals surface area contributed by atoms with Crippen molar-refractivity contribution >= 4 is 12.0 Å². The van der Waals surface area contributed by atoms with Gasteiger partial charge < -0.3 is 20.3 Å². The minimum atomic E-state index is -1.06. The summed E-state index contributed by atoms with van der Waals surface area (Å²) < 4.78 is 1.66. The van der Waals surface area contributed by atoms with E-state index in [2.05, 4.69) is 20.8 Å². The van der Waals surface area contributed by atoms with Gasteiger partial charge in [-0.1, -0.05) is 13.8 Å². The fraction of sp³-hybridized carbons (Fsp3) is 0.600. The van der Waals surface area contributed by atoms with Crippen molar-refractivity contribution in [2.75, 3.05) is 0 Å². The number of urea groups is 1. The van der Waals surface area contributed by atoms with E-state index in [9.17, 15) is 9.59 Å². The lowest BCUT2D eigenvalue weighted by Crippen LogP contribution is -2.48. The molecule has 0 radical (unpaired) electrons. The number of amides is 2. The van der Waals surface area contributed by atoms with E-state index in [4.69, 9.17) is 5.11 Å². The van der Waals surface area contributed by atoms with E-state index in [1.807, 2.05) is 0 Å². The third kappa shape index (κ3) is 3.72. The Kier molecular flexibility index (Phi) is 4.64. The van der Waals surface area contributed by atoms with Crippen LogP contribution in [0.25, 0.3) is 0 Å². The second kappa shape index (κ2) is 5.99. The molecule has 1 aromatic rings. The van der Waals surface area contributed by atoms with Crippen LogP contribution in [0.2, 0.25) is 0 Å². The highest BCUT2D eigenvalue weighted by molar-refractivity contribution is 5.82. The van der Waals surface area contributed by atoms with Crippen molar-refractivity contribution in [2.24, 2.45) is 13.0 Å². The first kappa shape index (κ1) is 13.9. The summed E-state index contributed by atoms with van der Waals surface area (Å²) in [4.78, 5) is 22.4. The molecule has 1 unspecified atom stereocenters. The van der Waals surface area contributed by atoms with Crippen LogP contribution in [0.3, 0.4) is 0 Å². The van der Waals surface area contributed by atoms with Crippen molar-refractivity contribution in [3.8, 4) is 0 Å². The largest absolute Gasteiger partial charge is 0.480 e. The average molecular weight is 255 g/mol. The van der Waals surface area contributed by atoms with E-state index in [-0.39, 0.29) is 12.5 Å². The lowest BCUT2D eigenvalue weighted by atomic mass is 10.1. The zero-order valence-corrected chi connectivity index (χ0v) is 10.5. The Bertz CT molecular complexity index is 429. The highest BCUT2D eigenvalue weighted by Crippen LogP contribution is 2.01. The van der Waals surface area contributed by atoms with Crippen molar-refractivity contribution in [3.05, 3.63) is 12.2 Å². The standard InChI is InChI=1S/C10H17N5O3/c1-6(2)8(9(16)17)13-10(18)11-4-7-14-12-5-15(7)3/h5-6,8H,4H2,1-3H3,(H,16,17)(H2,11,13,18). The van der Waals surface area contributed by atoms with Crippen LogP contribution in [-0.4, -0.2) is 37.9 Å². The van der Waals surface area contributed by atoms with Gasteiger partial charge in [0.2, 0.25) is 0 Å². The fourth-order valence-corrected chi connectivity index (χ4v) is 1.33. The number of rotatable bonds is 5. The fourth-order valence-electron chi connectivity index (χ4n) is 1.33. The molecule has 100 valence electrons. The molecule has 0 spiro atoms. The van der Waals surface area contributed by atoms with Gasteiger partial charge in [-0.25, -0.2) is 9.59 Å². The monoisotopic (exact) mass is 255 g/mol. The smallest absolute Gasteiger partial charge is 0.326 e. The Morgan fingerprint density at radius 3 is 2.61 bits per heavy atom. The van der Waals surface area contributed by atoms with Gasteiger partial charge in [0.25, 0.3) is 0 Å². The first-order valence-electron chi connectivity index (χ1n) is 5.52. The summed E-state index contributed by atoms with van der Waals surface area (Å²) in [6.45, 7) is 3.64. The summed E-state index contributed by atoms with van der Waals surface area (Å²) in [6.07, 6.45) is 1.52. The highest BCUT2D eigenvalue weighted by atomic mass is 16.4. The number of aliphatic carboxylic acids is 1.